The molecule has 2 heterocycles. The van der Waals surface area contributed by atoms with Crippen LogP contribution in [0.3, 0.4) is 0 Å². The Balaban J connectivity index is 1.23. The summed E-state index contributed by atoms with van der Waals surface area (Å²) in [6.45, 7) is 0. The van der Waals surface area contributed by atoms with Crippen molar-refractivity contribution in [3.63, 3.8) is 0 Å². The summed E-state index contributed by atoms with van der Waals surface area (Å²) in [7, 11) is 2.08. The summed E-state index contributed by atoms with van der Waals surface area (Å²) >= 11 is 1.20. The second-order valence-electron chi connectivity index (χ2n) is 7.55. The lowest BCUT2D eigenvalue weighted by Crippen LogP contribution is -2.59. The Bertz CT molecular complexity index is 763. The zero-order chi connectivity index (χ0) is 18.4. The topological polar surface area (TPSA) is 56.8 Å². The molecule has 0 aliphatic heterocycles. The first kappa shape index (κ1) is 17.9. The van der Waals surface area contributed by atoms with Crippen LogP contribution in [-0.4, -0.2) is 46.0 Å². The minimum Gasteiger partial charge on any atom is -0.356 e. The summed E-state index contributed by atoms with van der Waals surface area (Å²) in [4.78, 5) is 14.0. The van der Waals surface area contributed by atoms with Gasteiger partial charge >= 0.3 is 6.18 Å². The molecule has 0 saturated heterocycles. The monoisotopic (exact) mass is 385 g/mol. The van der Waals surface area contributed by atoms with Gasteiger partial charge in [0.1, 0.15) is 17.8 Å². The van der Waals surface area contributed by atoms with Gasteiger partial charge in [0.2, 0.25) is 0 Å². The maximum atomic E-state index is 12.1. The van der Waals surface area contributed by atoms with Crippen molar-refractivity contribution in [1.82, 2.24) is 19.7 Å². The second-order valence-corrected chi connectivity index (χ2v) is 8.48. The van der Waals surface area contributed by atoms with Gasteiger partial charge in [-0.2, -0.15) is 13.2 Å². The van der Waals surface area contributed by atoms with E-state index < -0.39 is 12.6 Å². The zero-order valence-electron chi connectivity index (χ0n) is 14.5. The molecule has 2 aliphatic carbocycles. The molecule has 0 aromatic carbocycles. The first-order chi connectivity index (χ1) is 12.4. The molecule has 0 amide bonds. The highest BCUT2D eigenvalue weighted by Crippen LogP contribution is 2.57. The fourth-order valence-corrected chi connectivity index (χ4v) is 5.13. The van der Waals surface area contributed by atoms with Crippen LogP contribution in [0.15, 0.2) is 18.6 Å². The van der Waals surface area contributed by atoms with Gasteiger partial charge in [0, 0.05) is 31.1 Å². The predicted octanol–water partition coefficient (Wildman–Crippen LogP) is 3.90. The molecular weight excluding hydrogens is 363 g/mol. The number of anilines is 1. The van der Waals surface area contributed by atoms with Crippen LogP contribution in [0.1, 0.15) is 32.1 Å². The van der Waals surface area contributed by atoms with Gasteiger partial charge in [-0.05, 0) is 37.2 Å². The number of aromatic nitrogens is 3. The van der Waals surface area contributed by atoms with Crippen molar-refractivity contribution in [1.29, 1.82) is 0 Å². The van der Waals surface area contributed by atoms with E-state index in [0.29, 0.717) is 17.5 Å². The van der Waals surface area contributed by atoms with Crippen LogP contribution in [-0.2, 0) is 0 Å². The number of rotatable bonds is 6. The molecule has 2 aromatic rings. The summed E-state index contributed by atoms with van der Waals surface area (Å²) < 4.78 is 39.6. The van der Waals surface area contributed by atoms with Crippen LogP contribution >= 0.6 is 11.9 Å². The number of hydrogen-bond acceptors (Lipinski definition) is 5. The molecule has 0 unspecified atom stereocenters. The van der Waals surface area contributed by atoms with E-state index in [1.165, 1.54) is 11.9 Å². The van der Waals surface area contributed by atoms with Crippen molar-refractivity contribution in [3.05, 3.63) is 18.6 Å². The highest BCUT2D eigenvalue weighted by Gasteiger charge is 2.54. The predicted molar refractivity (Wildman–Crippen MR) is 97.0 cm³/mol. The third-order valence-electron chi connectivity index (χ3n) is 5.65. The Hall–Kier alpha value is -1.48. The molecule has 2 aromatic heterocycles. The minimum atomic E-state index is -4.06. The van der Waals surface area contributed by atoms with Crippen molar-refractivity contribution >= 4 is 28.8 Å². The van der Waals surface area contributed by atoms with Crippen LogP contribution in [0.25, 0.3) is 11.0 Å². The Morgan fingerprint density at radius 3 is 2.81 bits per heavy atom. The van der Waals surface area contributed by atoms with Gasteiger partial charge in [-0.3, -0.25) is 4.72 Å². The third-order valence-corrected chi connectivity index (χ3v) is 6.56. The van der Waals surface area contributed by atoms with Gasteiger partial charge in [-0.15, -0.1) is 0 Å². The quantitative estimate of drug-likeness (QED) is 0.584. The molecule has 2 fully saturated rings. The molecule has 9 heteroatoms. The first-order valence-electron chi connectivity index (χ1n) is 8.80. The Labute approximate surface area is 154 Å². The van der Waals surface area contributed by atoms with Gasteiger partial charge in [0.25, 0.3) is 0 Å². The van der Waals surface area contributed by atoms with Crippen LogP contribution < -0.4 is 9.62 Å². The highest BCUT2D eigenvalue weighted by atomic mass is 32.2. The van der Waals surface area contributed by atoms with E-state index >= 15 is 0 Å². The number of hydrogen-bond donors (Lipinski definition) is 2. The molecule has 2 aliphatic rings. The molecule has 1 spiro atoms. The van der Waals surface area contributed by atoms with Gasteiger partial charge in [0.05, 0.1) is 11.8 Å². The average Bonchev–Trinajstić information content (AvgIpc) is 2.98. The number of nitrogens with one attached hydrogen (secondary N) is 2. The molecule has 0 radical (unpaired) electrons. The summed E-state index contributed by atoms with van der Waals surface area (Å²) in [5.41, 5.74) is 1.21. The van der Waals surface area contributed by atoms with Crippen LogP contribution in [0.4, 0.5) is 19.0 Å². The lowest BCUT2D eigenvalue weighted by atomic mass is 9.52. The molecule has 0 bridgehead atoms. The largest absolute Gasteiger partial charge is 0.389 e. The number of H-pyrrole nitrogens is 1. The molecule has 4 rings (SSSR count). The Kier molecular flexibility index (Phi) is 4.54. The molecule has 2 N–H and O–H groups in total. The summed E-state index contributed by atoms with van der Waals surface area (Å²) in [6.07, 6.45) is 3.00. The average molecular weight is 385 g/mol. The van der Waals surface area contributed by atoms with Crippen molar-refractivity contribution in [2.24, 2.45) is 5.41 Å². The van der Waals surface area contributed by atoms with E-state index in [1.54, 1.807) is 6.33 Å². The summed E-state index contributed by atoms with van der Waals surface area (Å²) in [5.74, 6) is 1.03. The Morgan fingerprint density at radius 2 is 2.08 bits per heavy atom. The summed E-state index contributed by atoms with van der Waals surface area (Å²) in [5, 5.41) is 1.03. The normalized spacial score (nSPS) is 28.2. The number of nitrogens with zero attached hydrogens (tertiary/aromatic N) is 3. The van der Waals surface area contributed by atoms with Crippen LogP contribution in [0.5, 0.6) is 0 Å². The lowest BCUT2D eigenvalue weighted by molar-refractivity contribution is -0.129. The smallest absolute Gasteiger partial charge is 0.356 e. The second kappa shape index (κ2) is 6.60. The molecule has 2 saturated carbocycles. The molecular formula is C17H22F3N5S. The number of halogens is 3. The zero-order valence-corrected chi connectivity index (χ0v) is 15.3. The minimum absolute atomic E-state index is 0.0821. The van der Waals surface area contributed by atoms with E-state index in [0.717, 1.165) is 42.5 Å². The van der Waals surface area contributed by atoms with Crippen molar-refractivity contribution in [3.8, 4) is 0 Å². The maximum absolute atomic E-state index is 12.1. The fraction of sp³-hybridized carbons (Fsp3) is 0.647. The number of aromatic amines is 1. The summed E-state index contributed by atoms with van der Waals surface area (Å²) in [6, 6.07) is 2.80. The van der Waals surface area contributed by atoms with E-state index in [9.17, 15) is 13.2 Å². The maximum Gasteiger partial charge on any atom is 0.389 e. The molecule has 5 nitrogen and oxygen atoms in total. The van der Waals surface area contributed by atoms with E-state index in [2.05, 4.69) is 31.6 Å². The van der Waals surface area contributed by atoms with Crippen LogP contribution in [0.2, 0.25) is 0 Å². The molecule has 0 atom stereocenters. The Morgan fingerprint density at radius 1 is 1.31 bits per heavy atom. The standard InChI is InChI=1S/C17H22F3N5S/c1-25(15-13-2-4-21-14(13)22-10-23-15)12-8-16(9-12)6-11(7-16)24-26-5-3-17(18,19)20/h2,4,10-12,24H,3,5-9H2,1H3,(H,21,22,23). The highest BCUT2D eigenvalue weighted by molar-refractivity contribution is 7.97. The van der Waals surface area contributed by atoms with Crippen molar-refractivity contribution in [2.75, 3.05) is 17.7 Å². The third kappa shape index (κ3) is 3.51. The van der Waals surface area contributed by atoms with Crippen LogP contribution in [0, 0.1) is 5.41 Å². The van der Waals surface area contributed by atoms with E-state index in [1.807, 2.05) is 12.3 Å². The van der Waals surface area contributed by atoms with E-state index in [4.69, 9.17) is 0 Å². The van der Waals surface area contributed by atoms with Gasteiger partial charge in [-0.1, -0.05) is 11.9 Å². The fourth-order valence-electron chi connectivity index (χ4n) is 4.27. The van der Waals surface area contributed by atoms with Gasteiger partial charge < -0.3 is 9.88 Å². The lowest BCUT2D eigenvalue weighted by Gasteiger charge is -2.59. The van der Waals surface area contributed by atoms with Gasteiger partial charge in [0.15, 0.2) is 0 Å². The SMILES string of the molecule is CN(c1ncnc2[nH]ccc12)C1CC2(CC(NSCCC(F)(F)F)C2)C1. The van der Waals surface area contributed by atoms with E-state index in [-0.39, 0.29) is 5.75 Å². The number of alkyl halides is 3. The molecule has 26 heavy (non-hydrogen) atoms. The van der Waals surface area contributed by atoms with Crippen molar-refractivity contribution < 1.29 is 13.2 Å². The van der Waals surface area contributed by atoms with Gasteiger partial charge in [-0.25, -0.2) is 9.97 Å². The first-order valence-corrected chi connectivity index (χ1v) is 9.79. The van der Waals surface area contributed by atoms with Crippen molar-refractivity contribution in [2.45, 2.75) is 50.4 Å². The molecule has 142 valence electrons. The number of fused-ring (bicyclic) bond motifs is 1.